The fourth-order valence-electron chi connectivity index (χ4n) is 1.61. The Balaban J connectivity index is 2.65. The van der Waals surface area contributed by atoms with Crippen LogP contribution >= 0.6 is 0 Å². The maximum Gasteiger partial charge on any atom is 0.329 e. The molecule has 0 aromatic rings. The second-order valence-corrected chi connectivity index (χ2v) is 3.27. The van der Waals surface area contributed by atoms with Crippen molar-refractivity contribution in [2.75, 3.05) is 0 Å². The molecule has 4 nitrogen and oxygen atoms in total. The summed E-state index contributed by atoms with van der Waals surface area (Å²) in [6, 6.07) is 0. The molecule has 12 heavy (non-hydrogen) atoms. The number of nitrogens with one attached hydrogen (secondary N) is 1. The topological polar surface area (TPSA) is 66.4 Å². The SMILES string of the molecule is CC[C@@H]1C[C@]1(NC(C)=O)C(=O)O. The molecule has 0 heterocycles. The lowest BCUT2D eigenvalue weighted by Crippen LogP contribution is -2.43. The highest BCUT2D eigenvalue weighted by Gasteiger charge is 2.60. The van der Waals surface area contributed by atoms with E-state index < -0.39 is 11.5 Å². The van der Waals surface area contributed by atoms with Crippen LogP contribution < -0.4 is 5.32 Å². The Kier molecular flexibility index (Phi) is 2.08. The first kappa shape index (κ1) is 9.03. The van der Waals surface area contributed by atoms with Crippen LogP contribution in [-0.4, -0.2) is 22.5 Å². The smallest absolute Gasteiger partial charge is 0.329 e. The van der Waals surface area contributed by atoms with Crippen LogP contribution in [0.4, 0.5) is 0 Å². The number of rotatable bonds is 3. The molecule has 1 saturated carbocycles. The fourth-order valence-corrected chi connectivity index (χ4v) is 1.61. The maximum atomic E-state index is 10.8. The molecule has 1 amide bonds. The van der Waals surface area contributed by atoms with Crippen LogP contribution in [0.5, 0.6) is 0 Å². The number of amides is 1. The van der Waals surface area contributed by atoms with E-state index in [4.69, 9.17) is 5.11 Å². The van der Waals surface area contributed by atoms with Gasteiger partial charge in [-0.15, -0.1) is 0 Å². The van der Waals surface area contributed by atoms with E-state index in [0.29, 0.717) is 6.42 Å². The van der Waals surface area contributed by atoms with E-state index in [1.807, 2.05) is 6.92 Å². The summed E-state index contributed by atoms with van der Waals surface area (Å²) in [6.07, 6.45) is 1.37. The van der Waals surface area contributed by atoms with Crippen LogP contribution in [0.15, 0.2) is 0 Å². The van der Waals surface area contributed by atoms with Gasteiger partial charge >= 0.3 is 5.97 Å². The summed E-state index contributed by atoms with van der Waals surface area (Å²) in [5, 5.41) is 11.3. The Morgan fingerprint density at radius 3 is 2.50 bits per heavy atom. The Labute approximate surface area is 71.0 Å². The number of carboxylic acid groups (broad SMARTS) is 1. The van der Waals surface area contributed by atoms with Crippen LogP contribution in [0.3, 0.4) is 0 Å². The van der Waals surface area contributed by atoms with Crippen molar-refractivity contribution in [1.82, 2.24) is 5.32 Å². The van der Waals surface area contributed by atoms with E-state index in [0.717, 1.165) is 6.42 Å². The van der Waals surface area contributed by atoms with Crippen molar-refractivity contribution in [2.24, 2.45) is 5.92 Å². The molecule has 2 atom stereocenters. The van der Waals surface area contributed by atoms with Crippen molar-refractivity contribution in [3.8, 4) is 0 Å². The van der Waals surface area contributed by atoms with E-state index in [1.54, 1.807) is 0 Å². The highest BCUT2D eigenvalue weighted by Crippen LogP contribution is 2.45. The minimum absolute atomic E-state index is 0.110. The van der Waals surface area contributed by atoms with Gasteiger partial charge in [0.15, 0.2) is 0 Å². The highest BCUT2D eigenvalue weighted by molar-refractivity contribution is 5.89. The number of carbonyl (C=O) groups is 2. The van der Waals surface area contributed by atoms with E-state index in [1.165, 1.54) is 6.92 Å². The molecule has 0 unspecified atom stereocenters. The largest absolute Gasteiger partial charge is 0.479 e. The Hall–Kier alpha value is -1.06. The number of carbonyl (C=O) groups excluding carboxylic acids is 1. The van der Waals surface area contributed by atoms with Gasteiger partial charge in [0.2, 0.25) is 5.91 Å². The van der Waals surface area contributed by atoms with Crippen molar-refractivity contribution in [2.45, 2.75) is 32.2 Å². The number of carboxylic acids is 1. The van der Waals surface area contributed by atoms with Gasteiger partial charge in [0.25, 0.3) is 0 Å². The lowest BCUT2D eigenvalue weighted by atomic mass is 10.1. The second kappa shape index (κ2) is 2.77. The van der Waals surface area contributed by atoms with Gasteiger partial charge < -0.3 is 10.4 Å². The Morgan fingerprint density at radius 2 is 2.25 bits per heavy atom. The van der Waals surface area contributed by atoms with Crippen LogP contribution in [0.2, 0.25) is 0 Å². The van der Waals surface area contributed by atoms with Gasteiger partial charge in [-0.2, -0.15) is 0 Å². The summed E-state index contributed by atoms with van der Waals surface area (Å²) in [6.45, 7) is 3.27. The summed E-state index contributed by atoms with van der Waals surface area (Å²) in [7, 11) is 0. The van der Waals surface area contributed by atoms with Gasteiger partial charge in [-0.25, -0.2) is 4.79 Å². The lowest BCUT2D eigenvalue weighted by Gasteiger charge is -2.12. The number of aliphatic carboxylic acids is 1. The first-order valence-electron chi connectivity index (χ1n) is 4.05. The number of hydrogen-bond acceptors (Lipinski definition) is 2. The average molecular weight is 171 g/mol. The molecule has 2 N–H and O–H groups in total. The molecule has 0 bridgehead atoms. The molecule has 0 saturated heterocycles. The quantitative estimate of drug-likeness (QED) is 0.645. The minimum Gasteiger partial charge on any atom is -0.479 e. The standard InChI is InChI=1S/C8H13NO3/c1-3-6-4-8(6,7(11)12)9-5(2)10/h6H,3-4H2,1-2H3,(H,9,10)(H,11,12)/t6-,8-/m1/s1. The average Bonchev–Trinajstić information content (AvgIpc) is 2.62. The molecular weight excluding hydrogens is 158 g/mol. The molecule has 68 valence electrons. The molecule has 0 spiro atoms. The third kappa shape index (κ3) is 1.29. The molecule has 1 aliphatic carbocycles. The van der Waals surface area contributed by atoms with Crippen LogP contribution in [0.25, 0.3) is 0 Å². The van der Waals surface area contributed by atoms with Crippen LogP contribution in [-0.2, 0) is 9.59 Å². The summed E-state index contributed by atoms with van der Waals surface area (Å²) >= 11 is 0. The maximum absolute atomic E-state index is 10.8. The van der Waals surface area contributed by atoms with E-state index in [2.05, 4.69) is 5.32 Å². The zero-order valence-corrected chi connectivity index (χ0v) is 7.26. The number of hydrogen-bond donors (Lipinski definition) is 2. The zero-order valence-electron chi connectivity index (χ0n) is 7.26. The molecular formula is C8H13NO3. The molecule has 1 rings (SSSR count). The van der Waals surface area contributed by atoms with Crippen molar-refractivity contribution in [3.63, 3.8) is 0 Å². The summed E-state index contributed by atoms with van der Waals surface area (Å²) in [5.41, 5.74) is -0.944. The molecule has 0 aromatic heterocycles. The minimum atomic E-state index is -0.944. The van der Waals surface area contributed by atoms with Crippen molar-refractivity contribution in [3.05, 3.63) is 0 Å². The second-order valence-electron chi connectivity index (χ2n) is 3.27. The highest BCUT2D eigenvalue weighted by atomic mass is 16.4. The van der Waals surface area contributed by atoms with Crippen molar-refractivity contribution < 1.29 is 14.7 Å². The Bertz CT molecular complexity index is 226. The van der Waals surface area contributed by atoms with Gasteiger partial charge in [-0.3, -0.25) is 4.79 Å². The zero-order chi connectivity index (χ0) is 9.35. The van der Waals surface area contributed by atoms with Gasteiger partial charge in [-0.1, -0.05) is 13.3 Å². The van der Waals surface area contributed by atoms with Gasteiger partial charge in [0, 0.05) is 6.92 Å². The van der Waals surface area contributed by atoms with Crippen LogP contribution in [0.1, 0.15) is 26.7 Å². The summed E-state index contributed by atoms with van der Waals surface area (Å²) in [4.78, 5) is 21.5. The predicted molar refractivity (Wildman–Crippen MR) is 42.6 cm³/mol. The molecule has 0 aliphatic heterocycles. The van der Waals surface area contributed by atoms with E-state index >= 15 is 0 Å². The van der Waals surface area contributed by atoms with Crippen molar-refractivity contribution >= 4 is 11.9 Å². The Morgan fingerprint density at radius 1 is 1.67 bits per heavy atom. The molecule has 4 heteroatoms. The third-order valence-corrected chi connectivity index (χ3v) is 2.38. The fraction of sp³-hybridized carbons (Fsp3) is 0.750. The normalized spacial score (nSPS) is 32.7. The lowest BCUT2D eigenvalue weighted by molar-refractivity contribution is -0.143. The van der Waals surface area contributed by atoms with E-state index in [9.17, 15) is 9.59 Å². The molecule has 1 aliphatic rings. The van der Waals surface area contributed by atoms with Gasteiger partial charge in [0.1, 0.15) is 5.54 Å². The molecule has 0 aromatic carbocycles. The van der Waals surface area contributed by atoms with Crippen LogP contribution in [0, 0.1) is 5.92 Å². The molecule has 0 radical (unpaired) electrons. The van der Waals surface area contributed by atoms with E-state index in [-0.39, 0.29) is 11.8 Å². The van der Waals surface area contributed by atoms with Gasteiger partial charge in [-0.05, 0) is 12.3 Å². The first-order chi connectivity index (χ1) is 5.53. The van der Waals surface area contributed by atoms with Crippen molar-refractivity contribution in [1.29, 1.82) is 0 Å². The molecule has 1 fully saturated rings. The third-order valence-electron chi connectivity index (χ3n) is 2.38. The predicted octanol–water partition coefficient (Wildman–Crippen LogP) is 0.376. The monoisotopic (exact) mass is 171 g/mol. The first-order valence-corrected chi connectivity index (χ1v) is 4.05. The van der Waals surface area contributed by atoms with Gasteiger partial charge in [0.05, 0.1) is 0 Å². The summed E-state index contributed by atoms with van der Waals surface area (Å²) < 4.78 is 0. The summed E-state index contributed by atoms with van der Waals surface area (Å²) in [5.74, 6) is -1.07.